The second-order valence-electron chi connectivity index (χ2n) is 6.67. The normalized spacial score (nSPS) is 25.1. The molecule has 0 bridgehead atoms. The van der Waals surface area contributed by atoms with E-state index >= 15 is 0 Å². The van der Waals surface area contributed by atoms with E-state index in [1.807, 2.05) is 6.07 Å². The maximum atomic E-state index is 12.5. The van der Waals surface area contributed by atoms with Gasteiger partial charge in [0, 0.05) is 18.2 Å². The Kier molecular flexibility index (Phi) is 5.39. The van der Waals surface area contributed by atoms with Crippen molar-refractivity contribution in [2.75, 3.05) is 30.0 Å². The molecule has 1 saturated heterocycles. The van der Waals surface area contributed by atoms with Crippen LogP contribution in [0.1, 0.15) is 18.4 Å². The van der Waals surface area contributed by atoms with Crippen LogP contribution in [-0.4, -0.2) is 48.7 Å². The summed E-state index contributed by atoms with van der Waals surface area (Å²) in [6.07, 6.45) is -0.630. The number of aliphatic hydroxyl groups is 1. The van der Waals surface area contributed by atoms with E-state index in [1.165, 1.54) is 11.0 Å². The zero-order chi connectivity index (χ0) is 19.6. The molecule has 1 aromatic carbocycles. The second-order valence-corrected chi connectivity index (χ2v) is 6.67. The average Bonchev–Trinajstić information content (AvgIpc) is 3.05. The molecular formula is C18H20N4O5. The number of carbonyl (C=O) groups is 3. The zero-order valence-electron chi connectivity index (χ0n) is 14.6. The molecule has 2 fully saturated rings. The molecule has 3 atom stereocenters. The van der Waals surface area contributed by atoms with Crippen molar-refractivity contribution in [3.63, 3.8) is 0 Å². The van der Waals surface area contributed by atoms with Gasteiger partial charge < -0.3 is 25.8 Å². The Bertz CT molecular complexity index is 818. The van der Waals surface area contributed by atoms with Crippen LogP contribution in [0.15, 0.2) is 18.2 Å². The molecule has 142 valence electrons. The van der Waals surface area contributed by atoms with Crippen molar-refractivity contribution in [1.82, 2.24) is 0 Å². The molecule has 1 heterocycles. The summed E-state index contributed by atoms with van der Waals surface area (Å²) in [5.41, 5.74) is 6.31. The molecule has 3 rings (SSSR count). The van der Waals surface area contributed by atoms with E-state index in [9.17, 15) is 24.8 Å². The van der Waals surface area contributed by atoms with Crippen LogP contribution in [0.3, 0.4) is 0 Å². The number of hydrogen-bond acceptors (Lipinski definition) is 6. The van der Waals surface area contributed by atoms with E-state index < -0.39 is 23.8 Å². The van der Waals surface area contributed by atoms with Crippen molar-refractivity contribution in [3.8, 4) is 6.07 Å². The summed E-state index contributed by atoms with van der Waals surface area (Å²) < 4.78 is 5.09. The van der Waals surface area contributed by atoms with Gasteiger partial charge in [-0.15, -0.1) is 0 Å². The number of amides is 3. The van der Waals surface area contributed by atoms with Crippen molar-refractivity contribution in [2.24, 2.45) is 17.6 Å². The summed E-state index contributed by atoms with van der Waals surface area (Å²) in [5, 5.41) is 22.0. The van der Waals surface area contributed by atoms with Crippen molar-refractivity contribution < 1.29 is 24.2 Å². The second kappa shape index (κ2) is 7.73. The fourth-order valence-electron chi connectivity index (χ4n) is 3.46. The lowest BCUT2D eigenvalue weighted by molar-refractivity contribution is -0.126. The van der Waals surface area contributed by atoms with Crippen LogP contribution >= 0.6 is 0 Å². The smallest absolute Gasteiger partial charge is 0.253 e. The number of benzene rings is 1. The van der Waals surface area contributed by atoms with Crippen LogP contribution in [0.5, 0.6) is 0 Å². The Labute approximate surface area is 155 Å². The van der Waals surface area contributed by atoms with Crippen LogP contribution in [0.2, 0.25) is 0 Å². The first-order chi connectivity index (χ1) is 12.9. The van der Waals surface area contributed by atoms with E-state index in [4.69, 9.17) is 10.5 Å². The van der Waals surface area contributed by atoms with Crippen molar-refractivity contribution >= 4 is 29.1 Å². The zero-order valence-corrected chi connectivity index (χ0v) is 14.6. The summed E-state index contributed by atoms with van der Waals surface area (Å²) in [4.78, 5) is 37.2. The molecule has 0 unspecified atom stereocenters. The first-order valence-electron chi connectivity index (χ1n) is 8.61. The number of rotatable bonds is 4. The number of nitrogens with two attached hydrogens (primary N) is 1. The number of nitrogens with one attached hydrogen (secondary N) is 1. The maximum Gasteiger partial charge on any atom is 0.253 e. The molecule has 2 aliphatic rings. The van der Waals surface area contributed by atoms with E-state index in [0.717, 1.165) is 0 Å². The van der Waals surface area contributed by atoms with Gasteiger partial charge in [0.1, 0.15) is 12.7 Å². The third-order valence-electron chi connectivity index (χ3n) is 4.94. The molecule has 27 heavy (non-hydrogen) atoms. The topological polar surface area (TPSA) is 146 Å². The number of hydrogen-bond donors (Lipinski definition) is 3. The number of primary amides is 1. The fraction of sp³-hybridized carbons (Fsp3) is 0.444. The van der Waals surface area contributed by atoms with Crippen LogP contribution in [0, 0.1) is 23.2 Å². The number of nitrogens with zero attached hydrogens (tertiary/aromatic N) is 2. The Morgan fingerprint density at radius 3 is 2.78 bits per heavy atom. The predicted octanol–water partition coefficient (Wildman–Crippen LogP) is -0.268. The molecule has 1 aliphatic heterocycles. The van der Waals surface area contributed by atoms with Gasteiger partial charge >= 0.3 is 0 Å². The minimum atomic E-state index is -0.941. The van der Waals surface area contributed by atoms with E-state index in [-0.39, 0.29) is 36.8 Å². The van der Waals surface area contributed by atoms with Gasteiger partial charge in [-0.05, 0) is 31.0 Å². The standard InChI is InChI=1S/C18H20N4O5/c19-8-11-5-12(22-3-4-27-9-16(22)24)1-2-14(11)21-18(26)10-6-13(17(20)25)15(23)7-10/h1-2,5,10,13,15,23H,3-4,6-7,9H2,(H2,20,25)(H,21,26)/t10-,13+,15+/m1/s1. The van der Waals surface area contributed by atoms with E-state index in [0.29, 0.717) is 24.5 Å². The van der Waals surface area contributed by atoms with Gasteiger partial charge in [0.05, 0.1) is 29.9 Å². The first-order valence-corrected chi connectivity index (χ1v) is 8.61. The minimum Gasteiger partial charge on any atom is -0.392 e. The molecule has 4 N–H and O–H groups in total. The third kappa shape index (κ3) is 3.92. The van der Waals surface area contributed by atoms with Gasteiger partial charge in [-0.25, -0.2) is 0 Å². The number of aliphatic hydroxyl groups excluding tert-OH is 1. The van der Waals surface area contributed by atoms with E-state index in [1.54, 1.807) is 12.1 Å². The van der Waals surface area contributed by atoms with Crippen LogP contribution in [-0.2, 0) is 19.1 Å². The summed E-state index contributed by atoms with van der Waals surface area (Å²) in [5.74, 6) is -2.52. The van der Waals surface area contributed by atoms with Gasteiger partial charge in [-0.3, -0.25) is 14.4 Å². The Morgan fingerprint density at radius 1 is 1.37 bits per heavy atom. The molecule has 3 amide bonds. The molecule has 9 nitrogen and oxygen atoms in total. The van der Waals surface area contributed by atoms with Crippen LogP contribution in [0.4, 0.5) is 11.4 Å². The van der Waals surface area contributed by atoms with Gasteiger partial charge in [0.15, 0.2) is 0 Å². The molecule has 0 aromatic heterocycles. The monoisotopic (exact) mass is 372 g/mol. The molecule has 1 aliphatic carbocycles. The number of morpholine rings is 1. The first kappa shape index (κ1) is 18.8. The highest BCUT2D eigenvalue weighted by atomic mass is 16.5. The lowest BCUT2D eigenvalue weighted by atomic mass is 10.0. The van der Waals surface area contributed by atoms with Crippen molar-refractivity contribution in [2.45, 2.75) is 18.9 Å². The highest BCUT2D eigenvalue weighted by Crippen LogP contribution is 2.33. The molecule has 1 aromatic rings. The van der Waals surface area contributed by atoms with Crippen molar-refractivity contribution in [3.05, 3.63) is 23.8 Å². The lowest BCUT2D eigenvalue weighted by Crippen LogP contribution is -2.41. The third-order valence-corrected chi connectivity index (χ3v) is 4.94. The van der Waals surface area contributed by atoms with Crippen molar-refractivity contribution in [1.29, 1.82) is 5.26 Å². The quantitative estimate of drug-likeness (QED) is 0.663. The Balaban J connectivity index is 1.73. The van der Waals surface area contributed by atoms with Gasteiger partial charge in [0.2, 0.25) is 11.8 Å². The molecule has 0 radical (unpaired) electrons. The SMILES string of the molecule is N#Cc1cc(N2CCOCC2=O)ccc1NC(=O)[C@@H]1C[C@H](C(N)=O)[C@@H](O)C1. The molecule has 1 saturated carbocycles. The minimum absolute atomic E-state index is 0.00852. The average molecular weight is 372 g/mol. The molecular weight excluding hydrogens is 352 g/mol. The highest BCUT2D eigenvalue weighted by molar-refractivity contribution is 5.97. The number of anilines is 2. The lowest BCUT2D eigenvalue weighted by Gasteiger charge is -2.27. The van der Waals surface area contributed by atoms with Gasteiger partial charge in [0.25, 0.3) is 5.91 Å². The van der Waals surface area contributed by atoms with Gasteiger partial charge in [-0.2, -0.15) is 5.26 Å². The predicted molar refractivity (Wildman–Crippen MR) is 94.4 cm³/mol. The number of nitriles is 1. The summed E-state index contributed by atoms with van der Waals surface area (Å²) in [6.45, 7) is 0.798. The van der Waals surface area contributed by atoms with Gasteiger partial charge in [-0.1, -0.05) is 0 Å². The van der Waals surface area contributed by atoms with E-state index in [2.05, 4.69) is 5.32 Å². The Hall–Kier alpha value is -2.96. The number of carbonyl (C=O) groups excluding carboxylic acids is 3. The fourth-order valence-corrected chi connectivity index (χ4v) is 3.46. The summed E-state index contributed by atoms with van der Waals surface area (Å²) in [7, 11) is 0. The Morgan fingerprint density at radius 2 is 2.15 bits per heavy atom. The molecule has 0 spiro atoms. The maximum absolute atomic E-state index is 12.5. The van der Waals surface area contributed by atoms with Crippen LogP contribution < -0.4 is 16.0 Å². The summed E-state index contributed by atoms with van der Waals surface area (Å²) in [6, 6.07) is 6.76. The largest absolute Gasteiger partial charge is 0.392 e. The molecule has 9 heteroatoms. The summed E-state index contributed by atoms with van der Waals surface area (Å²) >= 11 is 0. The highest BCUT2D eigenvalue weighted by Gasteiger charge is 2.40. The van der Waals surface area contributed by atoms with Crippen LogP contribution in [0.25, 0.3) is 0 Å². The number of ether oxygens (including phenoxy) is 1.